The molecule has 32 heavy (non-hydrogen) atoms. The first-order valence-corrected chi connectivity index (χ1v) is 10.7. The molecule has 162 valence electrons. The highest BCUT2D eigenvalue weighted by atomic mass is 32.2. The molecule has 1 heterocycles. The normalized spacial score (nSPS) is 11.3. The Labute approximate surface area is 183 Å². The summed E-state index contributed by atoms with van der Waals surface area (Å²) < 4.78 is 37.0. The second kappa shape index (κ2) is 8.25. The van der Waals surface area contributed by atoms with Crippen LogP contribution in [0.1, 0.15) is 0 Å². The van der Waals surface area contributed by atoms with Gasteiger partial charge in [-0.1, -0.05) is 12.1 Å². The number of methoxy groups -OCH3 is 1. The summed E-state index contributed by atoms with van der Waals surface area (Å²) in [6, 6.07) is 16.4. The number of benzene rings is 3. The molecule has 0 aliphatic carbocycles. The third-order valence-corrected chi connectivity index (χ3v) is 5.50. The second-order valence-corrected chi connectivity index (χ2v) is 8.13. The van der Waals surface area contributed by atoms with E-state index in [1.807, 2.05) is 0 Å². The van der Waals surface area contributed by atoms with Gasteiger partial charge in [-0.3, -0.25) is 4.55 Å². The SMILES string of the molecule is COc1ccc(-c2nc(-c3ccc(S(=O)(=O)O)cc3)nc(-c3ccccc3O)n2)c(O)c1. The highest BCUT2D eigenvalue weighted by Crippen LogP contribution is 2.34. The summed E-state index contributed by atoms with van der Waals surface area (Å²) in [6.45, 7) is 0. The molecule has 3 aromatic carbocycles. The fraction of sp³-hybridized carbons (Fsp3) is 0.0455. The maximum atomic E-state index is 11.3. The second-order valence-electron chi connectivity index (χ2n) is 6.71. The van der Waals surface area contributed by atoms with E-state index in [1.165, 1.54) is 43.5 Å². The molecule has 0 radical (unpaired) electrons. The van der Waals surface area contributed by atoms with E-state index in [-0.39, 0.29) is 33.9 Å². The first kappa shape index (κ1) is 21.2. The lowest BCUT2D eigenvalue weighted by atomic mass is 10.1. The van der Waals surface area contributed by atoms with Crippen molar-refractivity contribution in [2.24, 2.45) is 0 Å². The van der Waals surface area contributed by atoms with Gasteiger partial charge in [-0.2, -0.15) is 8.42 Å². The van der Waals surface area contributed by atoms with Crippen LogP contribution < -0.4 is 4.74 Å². The van der Waals surface area contributed by atoms with Crippen LogP contribution in [0, 0.1) is 0 Å². The number of rotatable bonds is 5. The lowest BCUT2D eigenvalue weighted by Crippen LogP contribution is -2.01. The molecule has 9 nitrogen and oxygen atoms in total. The molecular weight excluding hydrogens is 434 g/mol. The number of phenolic OH excluding ortho intramolecular Hbond substituents is 2. The van der Waals surface area contributed by atoms with E-state index in [4.69, 9.17) is 4.74 Å². The zero-order valence-electron chi connectivity index (χ0n) is 16.7. The van der Waals surface area contributed by atoms with E-state index < -0.39 is 10.1 Å². The molecule has 0 unspecified atom stereocenters. The summed E-state index contributed by atoms with van der Waals surface area (Å²) in [4.78, 5) is 13.0. The van der Waals surface area contributed by atoms with Gasteiger partial charge in [0.05, 0.1) is 23.1 Å². The van der Waals surface area contributed by atoms with Gasteiger partial charge >= 0.3 is 0 Å². The minimum Gasteiger partial charge on any atom is -0.507 e. The zero-order chi connectivity index (χ0) is 22.9. The molecule has 0 fully saturated rings. The predicted octanol–water partition coefficient (Wildman–Crippen LogP) is 3.54. The number of aromatic hydroxyl groups is 2. The van der Waals surface area contributed by atoms with Crippen molar-refractivity contribution >= 4 is 10.1 Å². The number of phenols is 2. The van der Waals surface area contributed by atoms with Crippen LogP contribution >= 0.6 is 0 Å². The summed E-state index contributed by atoms with van der Waals surface area (Å²) in [5, 5.41) is 20.7. The first-order valence-electron chi connectivity index (χ1n) is 9.26. The van der Waals surface area contributed by atoms with Crippen LogP contribution in [0.25, 0.3) is 34.2 Å². The molecule has 10 heteroatoms. The van der Waals surface area contributed by atoms with Crippen molar-refractivity contribution in [2.75, 3.05) is 7.11 Å². The first-order chi connectivity index (χ1) is 15.3. The number of ether oxygens (including phenoxy) is 1. The number of hydrogen-bond donors (Lipinski definition) is 3. The fourth-order valence-electron chi connectivity index (χ4n) is 3.01. The van der Waals surface area contributed by atoms with Gasteiger partial charge in [0, 0.05) is 11.6 Å². The molecule has 0 aliphatic rings. The van der Waals surface area contributed by atoms with Crippen molar-refractivity contribution in [2.45, 2.75) is 4.90 Å². The average molecular weight is 451 g/mol. The minimum atomic E-state index is -4.35. The molecule has 0 aliphatic heterocycles. The highest BCUT2D eigenvalue weighted by Gasteiger charge is 2.17. The van der Waals surface area contributed by atoms with Crippen molar-refractivity contribution in [1.82, 2.24) is 15.0 Å². The van der Waals surface area contributed by atoms with E-state index in [0.29, 0.717) is 22.4 Å². The van der Waals surface area contributed by atoms with Crippen LogP contribution in [0.2, 0.25) is 0 Å². The molecule has 3 N–H and O–H groups in total. The van der Waals surface area contributed by atoms with Crippen molar-refractivity contribution in [3.05, 3.63) is 66.7 Å². The Morgan fingerprint density at radius 2 is 1.34 bits per heavy atom. The third-order valence-electron chi connectivity index (χ3n) is 4.64. The topological polar surface area (TPSA) is 143 Å². The smallest absolute Gasteiger partial charge is 0.294 e. The molecule has 1 aromatic heterocycles. The van der Waals surface area contributed by atoms with E-state index in [0.717, 1.165) is 0 Å². The quantitative estimate of drug-likeness (QED) is 0.388. The van der Waals surface area contributed by atoms with Gasteiger partial charge in [0.1, 0.15) is 17.2 Å². The fourth-order valence-corrected chi connectivity index (χ4v) is 3.49. The van der Waals surface area contributed by atoms with Crippen molar-refractivity contribution in [1.29, 1.82) is 0 Å². The van der Waals surface area contributed by atoms with Crippen molar-refractivity contribution < 1.29 is 27.9 Å². The lowest BCUT2D eigenvalue weighted by Gasteiger charge is -2.11. The summed E-state index contributed by atoms with van der Waals surface area (Å²) in [6.07, 6.45) is 0. The maximum Gasteiger partial charge on any atom is 0.294 e. The van der Waals surface area contributed by atoms with E-state index >= 15 is 0 Å². The Balaban J connectivity index is 1.91. The Kier molecular flexibility index (Phi) is 5.47. The Morgan fingerprint density at radius 3 is 1.91 bits per heavy atom. The predicted molar refractivity (Wildman–Crippen MR) is 116 cm³/mol. The standard InChI is InChI=1S/C22H17N3O6S/c1-31-14-8-11-17(19(27)12-14)22-24-20(13-6-9-15(10-7-13)32(28,29)30)23-21(25-22)16-4-2-3-5-18(16)26/h2-12,26-27H,1H3,(H,28,29,30). The minimum absolute atomic E-state index is 0.0451. The van der Waals surface area contributed by atoms with Crippen LogP contribution in [0.5, 0.6) is 17.2 Å². The van der Waals surface area contributed by atoms with Crippen LogP contribution in [-0.2, 0) is 10.1 Å². The van der Waals surface area contributed by atoms with Crippen LogP contribution in [0.3, 0.4) is 0 Å². The molecule has 0 atom stereocenters. The Morgan fingerprint density at radius 1 is 0.750 bits per heavy atom. The number of hydrogen-bond acceptors (Lipinski definition) is 8. The summed E-state index contributed by atoms with van der Waals surface area (Å²) >= 11 is 0. The van der Waals surface area contributed by atoms with Crippen LogP contribution in [-0.4, -0.2) is 45.2 Å². The lowest BCUT2D eigenvalue weighted by molar-refractivity contribution is 0.408. The molecular formula is C22H17N3O6S. The van der Waals surface area contributed by atoms with E-state index in [2.05, 4.69) is 15.0 Å². The highest BCUT2D eigenvalue weighted by molar-refractivity contribution is 7.85. The number of aromatic nitrogens is 3. The van der Waals surface area contributed by atoms with E-state index in [9.17, 15) is 23.2 Å². The molecule has 0 bridgehead atoms. The summed E-state index contributed by atoms with van der Waals surface area (Å²) in [5.41, 5.74) is 1.09. The largest absolute Gasteiger partial charge is 0.507 e. The average Bonchev–Trinajstić information content (AvgIpc) is 2.78. The Bertz CT molecular complexity index is 1410. The van der Waals surface area contributed by atoms with Gasteiger partial charge in [0.25, 0.3) is 10.1 Å². The zero-order valence-corrected chi connectivity index (χ0v) is 17.5. The third kappa shape index (κ3) is 4.22. The van der Waals surface area contributed by atoms with Gasteiger partial charge < -0.3 is 14.9 Å². The molecule has 4 rings (SSSR count). The molecule has 0 spiro atoms. The van der Waals surface area contributed by atoms with Gasteiger partial charge in [0.2, 0.25) is 0 Å². The molecule has 0 saturated carbocycles. The number of para-hydroxylation sites is 1. The number of nitrogens with zero attached hydrogens (tertiary/aromatic N) is 3. The van der Waals surface area contributed by atoms with Gasteiger partial charge in [0.15, 0.2) is 17.5 Å². The maximum absolute atomic E-state index is 11.3. The van der Waals surface area contributed by atoms with Crippen molar-refractivity contribution in [3.8, 4) is 51.4 Å². The molecule has 0 amide bonds. The van der Waals surface area contributed by atoms with Crippen molar-refractivity contribution in [3.63, 3.8) is 0 Å². The summed E-state index contributed by atoms with van der Waals surface area (Å²) in [7, 11) is -2.88. The van der Waals surface area contributed by atoms with Gasteiger partial charge in [-0.05, 0) is 48.5 Å². The summed E-state index contributed by atoms with van der Waals surface area (Å²) in [5.74, 6) is 0.736. The Hall–Kier alpha value is -4.02. The van der Waals surface area contributed by atoms with Gasteiger partial charge in [-0.15, -0.1) is 0 Å². The molecule has 4 aromatic rings. The van der Waals surface area contributed by atoms with E-state index in [1.54, 1.807) is 30.3 Å². The molecule has 0 saturated heterocycles. The van der Waals surface area contributed by atoms with Crippen LogP contribution in [0.15, 0.2) is 71.6 Å². The van der Waals surface area contributed by atoms with Crippen LogP contribution in [0.4, 0.5) is 0 Å². The monoisotopic (exact) mass is 451 g/mol. The van der Waals surface area contributed by atoms with Gasteiger partial charge in [-0.25, -0.2) is 15.0 Å².